The van der Waals surface area contributed by atoms with Gasteiger partial charge in [0.05, 0.1) is 12.6 Å². The van der Waals surface area contributed by atoms with E-state index >= 15 is 0 Å². The van der Waals surface area contributed by atoms with Gasteiger partial charge < -0.3 is 15.8 Å². The first-order chi connectivity index (χ1) is 11.5. The molecule has 4 heteroatoms. The van der Waals surface area contributed by atoms with Crippen molar-refractivity contribution in [1.29, 1.82) is 0 Å². The highest BCUT2D eigenvalue weighted by molar-refractivity contribution is 5.83. The molecule has 0 radical (unpaired) electrons. The molecule has 0 fully saturated rings. The van der Waals surface area contributed by atoms with E-state index in [4.69, 9.17) is 10.5 Å². The Labute approximate surface area is 144 Å². The Bertz CT molecular complexity index is 638. The van der Waals surface area contributed by atoms with E-state index in [0.29, 0.717) is 12.5 Å². The van der Waals surface area contributed by atoms with Gasteiger partial charge in [0.2, 0.25) is 5.91 Å². The fourth-order valence-corrected chi connectivity index (χ4v) is 2.31. The lowest BCUT2D eigenvalue weighted by atomic mass is 10.0. The minimum Gasteiger partial charge on any atom is -0.493 e. The Morgan fingerprint density at radius 1 is 1.00 bits per heavy atom. The van der Waals surface area contributed by atoms with Gasteiger partial charge in [-0.1, -0.05) is 56.3 Å². The molecule has 0 saturated carbocycles. The zero-order valence-electron chi connectivity index (χ0n) is 14.5. The monoisotopic (exact) mass is 326 g/mol. The predicted octanol–water partition coefficient (Wildman–Crippen LogP) is 3.60. The zero-order chi connectivity index (χ0) is 17.5. The molecular weight excluding hydrogens is 300 g/mol. The van der Waals surface area contributed by atoms with Crippen LogP contribution in [0.2, 0.25) is 0 Å². The molecule has 2 rings (SSSR count). The second-order valence-electron chi connectivity index (χ2n) is 6.39. The van der Waals surface area contributed by atoms with Crippen LogP contribution in [0.1, 0.15) is 44.0 Å². The summed E-state index contributed by atoms with van der Waals surface area (Å²) in [6.07, 6.45) is 0. The van der Waals surface area contributed by atoms with Crippen LogP contribution < -0.4 is 15.8 Å². The SMILES string of the molecule is CC(C)COc1ccc(C(C)NC(=O)C(N)c2ccccc2)cc1. The molecule has 2 aromatic carbocycles. The average Bonchev–Trinajstić information content (AvgIpc) is 2.60. The van der Waals surface area contributed by atoms with E-state index in [1.54, 1.807) is 0 Å². The summed E-state index contributed by atoms with van der Waals surface area (Å²) in [5.41, 5.74) is 7.84. The van der Waals surface area contributed by atoms with Gasteiger partial charge in [-0.2, -0.15) is 0 Å². The van der Waals surface area contributed by atoms with Crippen LogP contribution in [0, 0.1) is 5.92 Å². The molecule has 1 amide bonds. The van der Waals surface area contributed by atoms with Gasteiger partial charge >= 0.3 is 0 Å². The van der Waals surface area contributed by atoms with Crippen molar-refractivity contribution in [3.63, 3.8) is 0 Å². The van der Waals surface area contributed by atoms with Crippen molar-refractivity contribution in [3.05, 3.63) is 65.7 Å². The molecule has 3 N–H and O–H groups in total. The van der Waals surface area contributed by atoms with E-state index in [9.17, 15) is 4.79 Å². The summed E-state index contributed by atoms with van der Waals surface area (Å²) in [7, 11) is 0. The summed E-state index contributed by atoms with van der Waals surface area (Å²) in [6.45, 7) is 6.86. The van der Waals surface area contributed by atoms with Crippen molar-refractivity contribution in [2.45, 2.75) is 32.9 Å². The third kappa shape index (κ3) is 5.10. The van der Waals surface area contributed by atoms with E-state index < -0.39 is 6.04 Å². The molecule has 0 heterocycles. The van der Waals surface area contributed by atoms with Crippen molar-refractivity contribution in [2.75, 3.05) is 6.61 Å². The minimum absolute atomic E-state index is 0.119. The van der Waals surface area contributed by atoms with Crippen LogP contribution in [0.25, 0.3) is 0 Å². The third-order valence-electron chi connectivity index (χ3n) is 3.76. The van der Waals surface area contributed by atoms with Crippen molar-refractivity contribution < 1.29 is 9.53 Å². The van der Waals surface area contributed by atoms with Crippen molar-refractivity contribution >= 4 is 5.91 Å². The third-order valence-corrected chi connectivity index (χ3v) is 3.76. The van der Waals surface area contributed by atoms with E-state index in [-0.39, 0.29) is 11.9 Å². The largest absolute Gasteiger partial charge is 0.493 e. The molecular formula is C20H26N2O2. The number of benzene rings is 2. The maximum absolute atomic E-state index is 12.3. The van der Waals surface area contributed by atoms with Crippen LogP contribution in [0.4, 0.5) is 0 Å². The summed E-state index contributed by atoms with van der Waals surface area (Å²) in [4.78, 5) is 12.3. The summed E-state index contributed by atoms with van der Waals surface area (Å²) >= 11 is 0. The highest BCUT2D eigenvalue weighted by atomic mass is 16.5. The van der Waals surface area contributed by atoms with Gasteiger partial charge in [0.15, 0.2) is 0 Å². The second kappa shape index (κ2) is 8.50. The molecule has 0 saturated heterocycles. The number of hydrogen-bond acceptors (Lipinski definition) is 3. The lowest BCUT2D eigenvalue weighted by molar-refractivity contribution is -0.123. The molecule has 0 aliphatic rings. The fraction of sp³-hybridized carbons (Fsp3) is 0.350. The number of hydrogen-bond donors (Lipinski definition) is 2. The van der Waals surface area contributed by atoms with Gasteiger partial charge in [0.25, 0.3) is 0 Å². The number of nitrogens with one attached hydrogen (secondary N) is 1. The Kier molecular flexibility index (Phi) is 6.38. The van der Waals surface area contributed by atoms with Crippen LogP contribution >= 0.6 is 0 Å². The number of nitrogens with two attached hydrogens (primary N) is 1. The molecule has 0 spiro atoms. The van der Waals surface area contributed by atoms with Gasteiger partial charge in [-0.05, 0) is 36.1 Å². The van der Waals surface area contributed by atoms with Gasteiger partial charge in [-0.3, -0.25) is 4.79 Å². The first kappa shape index (κ1) is 18.0. The Balaban J connectivity index is 1.94. The lowest BCUT2D eigenvalue weighted by Crippen LogP contribution is -2.35. The Morgan fingerprint density at radius 2 is 1.62 bits per heavy atom. The average molecular weight is 326 g/mol. The fourth-order valence-electron chi connectivity index (χ4n) is 2.31. The molecule has 0 bridgehead atoms. The molecule has 4 nitrogen and oxygen atoms in total. The number of carbonyl (C=O) groups is 1. The quantitative estimate of drug-likeness (QED) is 0.817. The summed E-state index contributed by atoms with van der Waals surface area (Å²) in [6, 6.07) is 16.4. The molecule has 2 aromatic rings. The maximum Gasteiger partial charge on any atom is 0.241 e. The van der Waals surface area contributed by atoms with E-state index in [1.807, 2.05) is 61.5 Å². The Hall–Kier alpha value is -2.33. The van der Waals surface area contributed by atoms with Crippen LogP contribution in [0.3, 0.4) is 0 Å². The highest BCUT2D eigenvalue weighted by Crippen LogP contribution is 2.19. The zero-order valence-corrected chi connectivity index (χ0v) is 14.5. The molecule has 2 atom stereocenters. The molecule has 0 aliphatic carbocycles. The maximum atomic E-state index is 12.3. The molecule has 0 aromatic heterocycles. The standard InChI is InChI=1S/C20H26N2O2/c1-14(2)13-24-18-11-9-16(10-12-18)15(3)22-20(23)19(21)17-7-5-4-6-8-17/h4-12,14-15,19H,13,21H2,1-3H3,(H,22,23). The van der Waals surface area contributed by atoms with E-state index in [2.05, 4.69) is 19.2 Å². The lowest BCUT2D eigenvalue weighted by Gasteiger charge is -2.18. The van der Waals surface area contributed by atoms with Crippen molar-refractivity contribution in [2.24, 2.45) is 11.7 Å². The number of amides is 1. The number of rotatable bonds is 7. The van der Waals surface area contributed by atoms with Gasteiger partial charge in [-0.15, -0.1) is 0 Å². The predicted molar refractivity (Wildman–Crippen MR) is 96.7 cm³/mol. The van der Waals surface area contributed by atoms with Gasteiger partial charge in [0.1, 0.15) is 11.8 Å². The second-order valence-corrected chi connectivity index (χ2v) is 6.39. The number of ether oxygens (including phenoxy) is 1. The van der Waals surface area contributed by atoms with E-state index in [1.165, 1.54) is 0 Å². The van der Waals surface area contributed by atoms with Gasteiger partial charge in [-0.25, -0.2) is 0 Å². The smallest absolute Gasteiger partial charge is 0.241 e. The van der Waals surface area contributed by atoms with Crippen LogP contribution in [-0.2, 0) is 4.79 Å². The van der Waals surface area contributed by atoms with Crippen LogP contribution in [0.15, 0.2) is 54.6 Å². The summed E-state index contributed by atoms with van der Waals surface area (Å²) in [5.74, 6) is 1.14. The van der Waals surface area contributed by atoms with Crippen LogP contribution in [-0.4, -0.2) is 12.5 Å². The molecule has 2 unspecified atom stereocenters. The first-order valence-electron chi connectivity index (χ1n) is 8.31. The summed E-state index contributed by atoms with van der Waals surface area (Å²) < 4.78 is 5.67. The van der Waals surface area contributed by atoms with Gasteiger partial charge in [0, 0.05) is 0 Å². The normalized spacial score (nSPS) is 13.4. The molecule has 24 heavy (non-hydrogen) atoms. The highest BCUT2D eigenvalue weighted by Gasteiger charge is 2.18. The Morgan fingerprint density at radius 3 is 2.21 bits per heavy atom. The van der Waals surface area contributed by atoms with E-state index in [0.717, 1.165) is 16.9 Å². The summed E-state index contributed by atoms with van der Waals surface area (Å²) in [5, 5.41) is 2.96. The first-order valence-corrected chi connectivity index (χ1v) is 8.31. The molecule has 0 aliphatic heterocycles. The van der Waals surface area contributed by atoms with Crippen LogP contribution in [0.5, 0.6) is 5.75 Å². The number of carbonyl (C=O) groups excluding carboxylic acids is 1. The van der Waals surface area contributed by atoms with Crippen molar-refractivity contribution in [3.8, 4) is 5.75 Å². The molecule has 128 valence electrons. The van der Waals surface area contributed by atoms with Crippen molar-refractivity contribution in [1.82, 2.24) is 5.32 Å². The topological polar surface area (TPSA) is 64.3 Å². The minimum atomic E-state index is -0.665.